The molecule has 2 aliphatic heterocycles. The summed E-state index contributed by atoms with van der Waals surface area (Å²) in [6.07, 6.45) is 1.79. The van der Waals surface area contributed by atoms with Crippen LogP contribution >= 0.6 is 0 Å². The van der Waals surface area contributed by atoms with E-state index >= 15 is 4.39 Å². The molecule has 4 aromatic rings. The lowest BCUT2D eigenvalue weighted by molar-refractivity contribution is 0.122. The van der Waals surface area contributed by atoms with E-state index in [0.29, 0.717) is 69.7 Å². The lowest BCUT2D eigenvalue weighted by Gasteiger charge is -2.32. The van der Waals surface area contributed by atoms with Crippen molar-refractivity contribution in [2.75, 3.05) is 67.7 Å². The summed E-state index contributed by atoms with van der Waals surface area (Å²) in [5.74, 6) is -1.04. The van der Waals surface area contributed by atoms with E-state index in [-0.39, 0.29) is 32.7 Å². The van der Waals surface area contributed by atoms with Crippen LogP contribution < -0.4 is 15.1 Å². The summed E-state index contributed by atoms with van der Waals surface area (Å²) in [5.41, 5.74) is 2.31. The molecule has 10 nitrogen and oxygen atoms in total. The van der Waals surface area contributed by atoms with Crippen molar-refractivity contribution >= 4 is 43.9 Å². The standard InChI is InChI=1S/C29H29F2N5O5S/c1-18-27(21-4-2-3-5-25(21)42(37,38)39)33-23-15-19(30)14-22(31)26(23)28(18)34-24-16-20(35-6-10-40-11-7-35)17-32-29(24)36-8-12-41-13-9-36/h2-5,14-17H,6-13H2,1H3,(H,33,34)(H,37,38,39). The zero-order valence-corrected chi connectivity index (χ0v) is 23.6. The fourth-order valence-electron chi connectivity index (χ4n) is 5.41. The number of benzene rings is 2. The van der Waals surface area contributed by atoms with Crippen LogP contribution in [0.3, 0.4) is 0 Å². The predicted octanol–water partition coefficient (Wildman–Crippen LogP) is 4.55. The van der Waals surface area contributed by atoms with Crippen LogP contribution in [-0.4, -0.2) is 75.5 Å². The molecule has 6 rings (SSSR count). The van der Waals surface area contributed by atoms with Crippen molar-refractivity contribution < 1.29 is 31.2 Å². The van der Waals surface area contributed by atoms with Crippen LogP contribution in [-0.2, 0) is 19.6 Å². The number of rotatable bonds is 6. The van der Waals surface area contributed by atoms with Crippen LogP contribution in [0, 0.1) is 18.6 Å². The molecule has 2 saturated heterocycles. The van der Waals surface area contributed by atoms with Gasteiger partial charge in [-0.3, -0.25) is 4.55 Å². The van der Waals surface area contributed by atoms with E-state index < -0.39 is 21.8 Å². The molecule has 2 aromatic carbocycles. The molecule has 2 aliphatic rings. The Morgan fingerprint density at radius 2 is 1.62 bits per heavy atom. The molecule has 220 valence electrons. The summed E-state index contributed by atoms with van der Waals surface area (Å²) in [5, 5.41) is 3.41. The van der Waals surface area contributed by atoms with Crippen molar-refractivity contribution in [1.82, 2.24) is 9.97 Å². The van der Waals surface area contributed by atoms with Gasteiger partial charge in [0, 0.05) is 43.9 Å². The van der Waals surface area contributed by atoms with Crippen molar-refractivity contribution in [2.45, 2.75) is 11.8 Å². The Morgan fingerprint density at radius 3 is 2.31 bits per heavy atom. The average Bonchev–Trinajstić information content (AvgIpc) is 2.98. The molecule has 13 heteroatoms. The SMILES string of the molecule is Cc1c(-c2ccccc2S(=O)(=O)O)nc2cc(F)cc(F)c2c1Nc1cc(N2CCOCC2)cnc1N1CCOCC1. The van der Waals surface area contributed by atoms with E-state index in [0.717, 1.165) is 17.8 Å². The van der Waals surface area contributed by atoms with Gasteiger partial charge < -0.3 is 24.6 Å². The van der Waals surface area contributed by atoms with Crippen molar-refractivity contribution in [3.05, 3.63) is 65.9 Å². The Morgan fingerprint density at radius 1 is 0.952 bits per heavy atom. The molecule has 0 spiro atoms. The molecule has 0 unspecified atom stereocenters. The van der Waals surface area contributed by atoms with Gasteiger partial charge in [0.05, 0.1) is 66.3 Å². The maximum absolute atomic E-state index is 15.5. The zero-order valence-electron chi connectivity index (χ0n) is 22.8. The van der Waals surface area contributed by atoms with Crippen LogP contribution in [0.15, 0.2) is 53.6 Å². The molecule has 0 saturated carbocycles. The molecule has 4 heterocycles. The topological polar surface area (TPSA) is 117 Å². The summed E-state index contributed by atoms with van der Waals surface area (Å²) < 4.78 is 75.4. The Balaban J connectivity index is 1.57. The lowest BCUT2D eigenvalue weighted by Crippen LogP contribution is -2.38. The molecule has 2 aromatic heterocycles. The minimum absolute atomic E-state index is 0.0223. The first-order valence-corrected chi connectivity index (χ1v) is 14.9. The van der Waals surface area contributed by atoms with Gasteiger partial charge in [-0.05, 0) is 24.6 Å². The Hall–Kier alpha value is -3.91. The highest BCUT2D eigenvalue weighted by molar-refractivity contribution is 7.86. The summed E-state index contributed by atoms with van der Waals surface area (Å²) in [4.78, 5) is 13.1. The minimum atomic E-state index is -4.63. The molecule has 0 amide bonds. The number of hydrogen-bond acceptors (Lipinski definition) is 9. The third-order valence-electron chi connectivity index (χ3n) is 7.47. The molecule has 0 bridgehead atoms. The van der Waals surface area contributed by atoms with E-state index in [2.05, 4.69) is 20.1 Å². The van der Waals surface area contributed by atoms with Crippen LogP contribution in [0.4, 0.5) is 31.7 Å². The first-order valence-electron chi connectivity index (χ1n) is 13.5. The Kier molecular flexibility index (Phi) is 7.66. The molecular weight excluding hydrogens is 568 g/mol. The zero-order chi connectivity index (χ0) is 29.4. The summed E-state index contributed by atoms with van der Waals surface area (Å²) in [6, 6.07) is 9.62. The van der Waals surface area contributed by atoms with Gasteiger partial charge in [-0.15, -0.1) is 0 Å². The van der Waals surface area contributed by atoms with Gasteiger partial charge in [0.25, 0.3) is 10.1 Å². The monoisotopic (exact) mass is 597 g/mol. The Labute approximate surface area is 241 Å². The highest BCUT2D eigenvalue weighted by Gasteiger charge is 2.25. The smallest absolute Gasteiger partial charge is 0.295 e. The largest absolute Gasteiger partial charge is 0.378 e. The van der Waals surface area contributed by atoms with Crippen molar-refractivity contribution in [3.63, 3.8) is 0 Å². The number of halogens is 2. The van der Waals surface area contributed by atoms with Crippen LogP contribution in [0.5, 0.6) is 0 Å². The number of hydrogen-bond donors (Lipinski definition) is 2. The molecule has 2 fully saturated rings. The van der Waals surface area contributed by atoms with Crippen LogP contribution in [0.1, 0.15) is 5.56 Å². The third kappa shape index (κ3) is 5.48. The number of nitrogens with zero attached hydrogens (tertiary/aromatic N) is 4. The lowest BCUT2D eigenvalue weighted by atomic mass is 10.0. The van der Waals surface area contributed by atoms with E-state index in [1.165, 1.54) is 18.2 Å². The second kappa shape index (κ2) is 11.4. The first kappa shape index (κ1) is 28.2. The molecule has 0 aliphatic carbocycles. The number of fused-ring (bicyclic) bond motifs is 1. The molecule has 0 radical (unpaired) electrons. The normalized spacial score (nSPS) is 16.2. The summed E-state index contributed by atoms with van der Waals surface area (Å²) >= 11 is 0. The highest BCUT2D eigenvalue weighted by Crippen LogP contribution is 2.41. The predicted molar refractivity (Wildman–Crippen MR) is 155 cm³/mol. The third-order valence-corrected chi connectivity index (χ3v) is 8.38. The van der Waals surface area contributed by atoms with E-state index in [9.17, 15) is 17.4 Å². The number of pyridine rings is 2. The molecule has 0 atom stereocenters. The second-order valence-electron chi connectivity index (χ2n) is 10.1. The number of nitrogens with one attached hydrogen (secondary N) is 1. The fraction of sp³-hybridized carbons (Fsp3) is 0.310. The maximum atomic E-state index is 15.5. The van der Waals surface area contributed by atoms with Gasteiger partial charge in [0.2, 0.25) is 0 Å². The van der Waals surface area contributed by atoms with Crippen molar-refractivity contribution in [3.8, 4) is 11.3 Å². The van der Waals surface area contributed by atoms with Gasteiger partial charge in [-0.2, -0.15) is 8.42 Å². The summed E-state index contributed by atoms with van der Waals surface area (Å²) in [6.45, 7) is 6.43. The number of morpholine rings is 2. The highest BCUT2D eigenvalue weighted by atomic mass is 32.2. The van der Waals surface area contributed by atoms with Crippen LogP contribution in [0.25, 0.3) is 22.2 Å². The Bertz CT molecular complexity index is 1760. The fourth-order valence-corrected chi connectivity index (χ4v) is 6.10. The van der Waals surface area contributed by atoms with E-state index in [4.69, 9.17) is 14.5 Å². The second-order valence-corrected chi connectivity index (χ2v) is 11.5. The number of anilines is 4. The molecular formula is C29H29F2N5O5S. The number of aromatic nitrogens is 2. The molecule has 42 heavy (non-hydrogen) atoms. The maximum Gasteiger partial charge on any atom is 0.295 e. The average molecular weight is 598 g/mol. The van der Waals surface area contributed by atoms with Gasteiger partial charge in [-0.1, -0.05) is 18.2 Å². The van der Waals surface area contributed by atoms with Gasteiger partial charge in [0.15, 0.2) is 5.82 Å². The molecule has 2 N–H and O–H groups in total. The quantitative estimate of drug-likeness (QED) is 0.307. The van der Waals surface area contributed by atoms with Crippen molar-refractivity contribution in [2.24, 2.45) is 0 Å². The van der Waals surface area contributed by atoms with Crippen LogP contribution in [0.2, 0.25) is 0 Å². The van der Waals surface area contributed by atoms with E-state index in [1.54, 1.807) is 19.2 Å². The van der Waals surface area contributed by atoms with E-state index in [1.807, 2.05) is 6.07 Å². The summed E-state index contributed by atoms with van der Waals surface area (Å²) in [7, 11) is -4.63. The minimum Gasteiger partial charge on any atom is -0.378 e. The number of ether oxygens (including phenoxy) is 2. The van der Waals surface area contributed by atoms with Gasteiger partial charge in [-0.25, -0.2) is 18.7 Å². The first-order chi connectivity index (χ1) is 20.2. The van der Waals surface area contributed by atoms with Gasteiger partial charge in [0.1, 0.15) is 16.5 Å². The van der Waals surface area contributed by atoms with Crippen molar-refractivity contribution in [1.29, 1.82) is 0 Å². The van der Waals surface area contributed by atoms with Gasteiger partial charge >= 0.3 is 0 Å².